The third kappa shape index (κ3) is 7.82. The zero-order chi connectivity index (χ0) is 8.85. The summed E-state index contributed by atoms with van der Waals surface area (Å²) in [5.74, 6) is -0.184. The zero-order valence-corrected chi connectivity index (χ0v) is 8.65. The van der Waals surface area contributed by atoms with Gasteiger partial charge in [0.2, 0.25) is 0 Å². The predicted molar refractivity (Wildman–Crippen MR) is 51.8 cm³/mol. The Kier molecular flexibility index (Phi) is 8.76. The number of halogens is 1. The molecule has 0 fully saturated rings. The standard InChI is InChI=1S/C8H17NO2.ClH/c1-6(2)4-7(9-3)5-8(10)11;/h6-7,9H,4-5H2,1-3H3,(H,10,11);1H/t7-;/m0./s1. The summed E-state index contributed by atoms with van der Waals surface area (Å²) in [6.07, 6.45) is 1.14. The third-order valence-corrected chi connectivity index (χ3v) is 1.59. The molecule has 0 aromatic carbocycles. The van der Waals surface area contributed by atoms with Crippen LogP contribution in [0.5, 0.6) is 0 Å². The van der Waals surface area contributed by atoms with Crippen LogP contribution in [0.25, 0.3) is 0 Å². The van der Waals surface area contributed by atoms with Crippen LogP contribution >= 0.6 is 12.4 Å². The Labute approximate surface area is 80.0 Å². The molecule has 0 saturated heterocycles. The Hall–Kier alpha value is -0.280. The predicted octanol–water partition coefficient (Wildman–Crippen LogP) is 1.52. The van der Waals surface area contributed by atoms with Crippen LogP contribution < -0.4 is 5.32 Å². The third-order valence-electron chi connectivity index (χ3n) is 1.59. The van der Waals surface area contributed by atoms with Crippen molar-refractivity contribution in [3.8, 4) is 0 Å². The van der Waals surface area contributed by atoms with E-state index in [0.717, 1.165) is 6.42 Å². The summed E-state index contributed by atoms with van der Waals surface area (Å²) >= 11 is 0. The normalized spacial score (nSPS) is 12.3. The van der Waals surface area contributed by atoms with E-state index in [1.807, 2.05) is 0 Å². The molecule has 0 aliphatic rings. The number of aliphatic carboxylic acids is 1. The van der Waals surface area contributed by atoms with Gasteiger partial charge in [0, 0.05) is 6.04 Å². The fourth-order valence-corrected chi connectivity index (χ4v) is 1.08. The van der Waals surface area contributed by atoms with Gasteiger partial charge in [0.1, 0.15) is 0 Å². The number of hydrogen-bond donors (Lipinski definition) is 2. The van der Waals surface area contributed by atoms with Gasteiger partial charge in [-0.1, -0.05) is 13.8 Å². The summed E-state index contributed by atoms with van der Waals surface area (Å²) in [6.45, 7) is 4.18. The van der Waals surface area contributed by atoms with Gasteiger partial charge < -0.3 is 10.4 Å². The minimum absolute atomic E-state index is 0. The van der Waals surface area contributed by atoms with Gasteiger partial charge in [-0.25, -0.2) is 0 Å². The van der Waals surface area contributed by atoms with E-state index in [1.54, 1.807) is 7.05 Å². The van der Waals surface area contributed by atoms with E-state index in [-0.39, 0.29) is 24.9 Å². The van der Waals surface area contributed by atoms with Gasteiger partial charge in [0.05, 0.1) is 6.42 Å². The first-order chi connectivity index (χ1) is 5.06. The van der Waals surface area contributed by atoms with E-state index in [9.17, 15) is 4.79 Å². The van der Waals surface area contributed by atoms with Crippen LogP contribution in [0.15, 0.2) is 0 Å². The Morgan fingerprint density at radius 3 is 2.25 bits per heavy atom. The first-order valence-electron chi connectivity index (χ1n) is 3.95. The van der Waals surface area contributed by atoms with Crippen molar-refractivity contribution in [2.24, 2.45) is 5.92 Å². The highest BCUT2D eigenvalue weighted by molar-refractivity contribution is 5.85. The summed E-state index contributed by atoms with van der Waals surface area (Å²) in [5, 5.41) is 11.5. The molecule has 0 aliphatic heterocycles. The van der Waals surface area contributed by atoms with Crippen molar-refractivity contribution >= 4 is 18.4 Å². The van der Waals surface area contributed by atoms with Gasteiger partial charge >= 0.3 is 5.97 Å². The smallest absolute Gasteiger partial charge is 0.304 e. The van der Waals surface area contributed by atoms with Gasteiger partial charge in [-0.3, -0.25) is 4.79 Å². The van der Waals surface area contributed by atoms with E-state index in [1.165, 1.54) is 0 Å². The maximum atomic E-state index is 10.3. The Morgan fingerprint density at radius 2 is 2.00 bits per heavy atom. The summed E-state index contributed by atoms with van der Waals surface area (Å²) < 4.78 is 0. The first-order valence-corrected chi connectivity index (χ1v) is 3.95. The molecule has 0 amide bonds. The lowest BCUT2D eigenvalue weighted by molar-refractivity contribution is -0.137. The molecule has 1 atom stereocenters. The molecule has 0 unspecified atom stereocenters. The maximum absolute atomic E-state index is 10.3. The molecule has 0 aliphatic carbocycles. The van der Waals surface area contributed by atoms with Crippen LogP contribution in [0.1, 0.15) is 26.7 Å². The van der Waals surface area contributed by atoms with Crippen molar-refractivity contribution in [2.45, 2.75) is 32.7 Å². The Balaban J connectivity index is 0. The molecule has 0 heterocycles. The highest BCUT2D eigenvalue weighted by Gasteiger charge is 2.11. The van der Waals surface area contributed by atoms with Gasteiger partial charge in [0.25, 0.3) is 0 Å². The largest absolute Gasteiger partial charge is 0.481 e. The highest BCUT2D eigenvalue weighted by atomic mass is 35.5. The molecule has 3 nitrogen and oxygen atoms in total. The molecule has 2 N–H and O–H groups in total. The van der Waals surface area contributed by atoms with Gasteiger partial charge in [-0.05, 0) is 19.4 Å². The quantitative estimate of drug-likeness (QED) is 0.700. The SMILES string of the molecule is CN[C@H](CC(=O)O)CC(C)C.Cl. The minimum Gasteiger partial charge on any atom is -0.481 e. The summed E-state index contributed by atoms with van der Waals surface area (Å²) in [7, 11) is 1.80. The van der Waals surface area contributed by atoms with Crippen LogP contribution in [0.3, 0.4) is 0 Å². The molecule has 0 radical (unpaired) electrons. The monoisotopic (exact) mass is 195 g/mol. The second-order valence-corrected chi connectivity index (χ2v) is 3.21. The topological polar surface area (TPSA) is 49.3 Å². The second-order valence-electron chi connectivity index (χ2n) is 3.21. The second kappa shape index (κ2) is 7.37. The van der Waals surface area contributed by atoms with Crippen molar-refractivity contribution in [1.29, 1.82) is 0 Å². The van der Waals surface area contributed by atoms with Crippen molar-refractivity contribution in [1.82, 2.24) is 5.32 Å². The molecule has 12 heavy (non-hydrogen) atoms. The van der Waals surface area contributed by atoms with Crippen LogP contribution in [-0.2, 0) is 4.79 Å². The van der Waals surface area contributed by atoms with Crippen LogP contribution in [0, 0.1) is 5.92 Å². The molecule has 0 spiro atoms. The fourth-order valence-electron chi connectivity index (χ4n) is 1.08. The van der Waals surface area contributed by atoms with Crippen LogP contribution in [0.4, 0.5) is 0 Å². The molecular weight excluding hydrogens is 178 g/mol. The van der Waals surface area contributed by atoms with Gasteiger partial charge in [-0.15, -0.1) is 12.4 Å². The molecule has 0 rings (SSSR count). The van der Waals surface area contributed by atoms with E-state index in [2.05, 4.69) is 19.2 Å². The maximum Gasteiger partial charge on any atom is 0.304 e. The van der Waals surface area contributed by atoms with Crippen LogP contribution in [-0.4, -0.2) is 24.2 Å². The van der Waals surface area contributed by atoms with E-state index >= 15 is 0 Å². The lowest BCUT2D eigenvalue weighted by Crippen LogP contribution is -2.29. The van der Waals surface area contributed by atoms with Gasteiger partial charge in [-0.2, -0.15) is 0 Å². The number of rotatable bonds is 5. The number of carboxylic acids is 1. The molecule has 0 bridgehead atoms. The van der Waals surface area contributed by atoms with Crippen LogP contribution in [0.2, 0.25) is 0 Å². The molecule has 4 heteroatoms. The fraction of sp³-hybridized carbons (Fsp3) is 0.875. The average Bonchev–Trinajstić information content (AvgIpc) is 1.84. The molecule has 0 aromatic rings. The molecule has 74 valence electrons. The van der Waals surface area contributed by atoms with E-state index in [4.69, 9.17) is 5.11 Å². The van der Waals surface area contributed by atoms with Gasteiger partial charge in [0.15, 0.2) is 0 Å². The molecule has 0 saturated carbocycles. The number of carbonyl (C=O) groups is 1. The lowest BCUT2D eigenvalue weighted by atomic mass is 10.0. The van der Waals surface area contributed by atoms with Crippen molar-refractivity contribution in [2.75, 3.05) is 7.05 Å². The van der Waals surface area contributed by atoms with Crippen molar-refractivity contribution in [3.05, 3.63) is 0 Å². The minimum atomic E-state index is -0.731. The van der Waals surface area contributed by atoms with E-state index < -0.39 is 5.97 Å². The zero-order valence-electron chi connectivity index (χ0n) is 7.83. The first kappa shape index (κ1) is 14.3. The number of hydrogen-bond acceptors (Lipinski definition) is 2. The molecular formula is C8H18ClNO2. The van der Waals surface area contributed by atoms with Crippen molar-refractivity contribution in [3.63, 3.8) is 0 Å². The summed E-state index contributed by atoms with van der Waals surface area (Å²) in [4.78, 5) is 10.3. The Bertz CT molecular complexity index is 128. The number of carboxylic acid groups (broad SMARTS) is 1. The lowest BCUT2D eigenvalue weighted by Gasteiger charge is -2.15. The molecule has 0 aromatic heterocycles. The van der Waals surface area contributed by atoms with E-state index in [0.29, 0.717) is 5.92 Å². The average molecular weight is 196 g/mol. The Morgan fingerprint density at radius 1 is 1.50 bits per heavy atom. The highest BCUT2D eigenvalue weighted by Crippen LogP contribution is 2.06. The summed E-state index contributed by atoms with van der Waals surface area (Å²) in [5.41, 5.74) is 0. The van der Waals surface area contributed by atoms with Crippen molar-refractivity contribution < 1.29 is 9.90 Å². The summed E-state index contributed by atoms with van der Waals surface area (Å²) in [6, 6.07) is 0.118. The number of nitrogens with one attached hydrogen (secondary N) is 1.